The van der Waals surface area contributed by atoms with E-state index in [9.17, 15) is 0 Å². The van der Waals surface area contributed by atoms with Gasteiger partial charge in [0.25, 0.3) is 0 Å². The number of rotatable bonds is 0. The summed E-state index contributed by atoms with van der Waals surface area (Å²) in [6.45, 7) is 1.78. The predicted molar refractivity (Wildman–Crippen MR) is 57.1 cm³/mol. The van der Waals surface area contributed by atoms with Crippen molar-refractivity contribution >= 4 is 0 Å². The first-order valence-electron chi connectivity index (χ1n) is 4.95. The van der Waals surface area contributed by atoms with Gasteiger partial charge in [0.2, 0.25) is 0 Å². The number of allylic oxidation sites excluding steroid dienone is 2. The lowest BCUT2D eigenvalue weighted by Gasteiger charge is -1.82. The van der Waals surface area contributed by atoms with E-state index in [-0.39, 0.29) is 0 Å². The van der Waals surface area contributed by atoms with Crippen LogP contribution in [0, 0.1) is 29.8 Å². The van der Waals surface area contributed by atoms with Crippen LogP contribution in [0.4, 0.5) is 0 Å². The van der Waals surface area contributed by atoms with E-state index in [1.165, 1.54) is 11.1 Å². The maximum Gasteiger partial charge on any atom is 0.143 e. The summed E-state index contributed by atoms with van der Waals surface area (Å²) < 4.78 is 0. The van der Waals surface area contributed by atoms with Crippen molar-refractivity contribution in [2.45, 2.75) is 19.3 Å². The highest BCUT2D eigenvalue weighted by Crippen LogP contribution is 2.13. The van der Waals surface area contributed by atoms with Crippen LogP contribution in [0.2, 0.25) is 0 Å². The summed E-state index contributed by atoms with van der Waals surface area (Å²) in [6, 6.07) is 0. The standard InChI is InChI=1S/C13H12N/c1-2-4-6-8-12-10-14-11-13(12)9-7-5-3-1/h8,14H,1-3,10-11H2/q+1/b12-8-. The van der Waals surface area contributed by atoms with Crippen LogP contribution >= 0.6 is 0 Å². The van der Waals surface area contributed by atoms with Crippen LogP contribution < -0.4 is 5.32 Å². The van der Waals surface area contributed by atoms with Crippen LogP contribution in [0.15, 0.2) is 17.2 Å². The molecule has 0 unspecified atom stereocenters. The molecule has 0 bridgehead atoms. The molecule has 1 aliphatic carbocycles. The minimum absolute atomic E-state index is 0.877. The maximum atomic E-state index is 3.27. The molecule has 1 saturated heterocycles. The summed E-state index contributed by atoms with van der Waals surface area (Å²) in [5.41, 5.74) is 2.42. The third-order valence-electron chi connectivity index (χ3n) is 2.26. The number of hydrogen-bond acceptors (Lipinski definition) is 1. The third kappa shape index (κ3) is 2.24. The minimum atomic E-state index is 0.877. The molecule has 0 aromatic carbocycles. The molecule has 0 amide bonds. The highest BCUT2D eigenvalue weighted by atomic mass is 14.9. The predicted octanol–water partition coefficient (Wildman–Crippen LogP) is 1.44. The largest absolute Gasteiger partial charge is 0.295 e. The lowest BCUT2D eigenvalue weighted by Crippen LogP contribution is -2.05. The fraction of sp³-hybridized carbons (Fsp3) is 0.385. The van der Waals surface area contributed by atoms with E-state index in [1.807, 2.05) is 6.08 Å². The summed E-state index contributed by atoms with van der Waals surface area (Å²) in [7, 11) is 0. The van der Waals surface area contributed by atoms with Crippen molar-refractivity contribution in [1.82, 2.24) is 5.32 Å². The normalized spacial score (nSPS) is 23.1. The molecule has 2 aliphatic rings. The molecule has 68 valence electrons. The van der Waals surface area contributed by atoms with Gasteiger partial charge in [0.1, 0.15) is 17.6 Å². The Labute approximate surface area is 85.3 Å². The first kappa shape index (κ1) is 9.04. The fourth-order valence-electron chi connectivity index (χ4n) is 1.46. The fourth-order valence-corrected chi connectivity index (χ4v) is 1.46. The van der Waals surface area contributed by atoms with Crippen LogP contribution in [-0.4, -0.2) is 13.1 Å². The van der Waals surface area contributed by atoms with E-state index >= 15 is 0 Å². The molecule has 0 aromatic rings. The van der Waals surface area contributed by atoms with Crippen LogP contribution in [0.3, 0.4) is 0 Å². The van der Waals surface area contributed by atoms with E-state index in [4.69, 9.17) is 0 Å². The van der Waals surface area contributed by atoms with Crippen molar-refractivity contribution in [2.24, 2.45) is 0 Å². The van der Waals surface area contributed by atoms with Gasteiger partial charge in [-0.05, 0) is 6.42 Å². The Morgan fingerprint density at radius 3 is 3.14 bits per heavy atom. The van der Waals surface area contributed by atoms with Gasteiger partial charge < -0.3 is 0 Å². The first-order valence-corrected chi connectivity index (χ1v) is 4.95. The van der Waals surface area contributed by atoms with Gasteiger partial charge in [0.05, 0.1) is 31.0 Å². The van der Waals surface area contributed by atoms with Crippen LogP contribution in [0.25, 0.3) is 0 Å². The summed E-state index contributed by atoms with van der Waals surface area (Å²) >= 11 is 0. The third-order valence-corrected chi connectivity index (χ3v) is 2.26. The topological polar surface area (TPSA) is 12.0 Å². The highest BCUT2D eigenvalue weighted by molar-refractivity contribution is 5.42. The van der Waals surface area contributed by atoms with E-state index in [2.05, 4.69) is 35.1 Å². The zero-order chi connectivity index (χ0) is 9.64. The molecule has 1 nitrogen and oxygen atoms in total. The maximum absolute atomic E-state index is 3.27. The Kier molecular flexibility index (Phi) is 2.99. The zero-order valence-electron chi connectivity index (χ0n) is 8.11. The van der Waals surface area contributed by atoms with E-state index in [0.717, 1.165) is 32.4 Å². The van der Waals surface area contributed by atoms with Crippen molar-refractivity contribution in [3.63, 3.8) is 0 Å². The van der Waals surface area contributed by atoms with Crippen molar-refractivity contribution in [3.05, 3.63) is 23.3 Å². The van der Waals surface area contributed by atoms with Gasteiger partial charge in [-0.3, -0.25) is 5.32 Å². The highest BCUT2D eigenvalue weighted by Gasteiger charge is 2.19. The molecule has 0 aromatic heterocycles. The van der Waals surface area contributed by atoms with Crippen LogP contribution in [-0.2, 0) is 0 Å². The molecule has 1 heteroatoms. The van der Waals surface area contributed by atoms with E-state index in [1.54, 1.807) is 0 Å². The van der Waals surface area contributed by atoms with Crippen LogP contribution in [0.5, 0.6) is 0 Å². The van der Waals surface area contributed by atoms with Gasteiger partial charge >= 0.3 is 0 Å². The Balaban J connectivity index is 2.26. The molecule has 0 saturated carbocycles. The molecule has 1 N–H and O–H groups in total. The smallest absolute Gasteiger partial charge is 0.143 e. The van der Waals surface area contributed by atoms with Crippen molar-refractivity contribution in [1.29, 1.82) is 0 Å². The summed E-state index contributed by atoms with van der Waals surface area (Å²) in [6.07, 6.45) is 8.07. The lowest BCUT2D eigenvalue weighted by molar-refractivity contribution is 0.894. The minimum Gasteiger partial charge on any atom is -0.295 e. The summed E-state index contributed by atoms with van der Waals surface area (Å²) in [5.74, 6) is 12.3. The van der Waals surface area contributed by atoms with Gasteiger partial charge in [0.15, 0.2) is 0 Å². The lowest BCUT2D eigenvalue weighted by atomic mass is 10.1. The quantitative estimate of drug-likeness (QED) is 0.441. The molecule has 1 heterocycles. The molecular weight excluding hydrogens is 170 g/mol. The van der Waals surface area contributed by atoms with E-state index < -0.39 is 0 Å². The van der Waals surface area contributed by atoms with Crippen molar-refractivity contribution in [3.8, 4) is 23.7 Å². The van der Waals surface area contributed by atoms with Gasteiger partial charge in [0, 0.05) is 12.5 Å². The molecular formula is C13H12N+. The van der Waals surface area contributed by atoms with Gasteiger partial charge in [-0.25, -0.2) is 0 Å². The molecule has 1 aliphatic heterocycles. The Hall–Kier alpha value is -1.53. The number of fused-ring (bicyclic) bond motifs is 1. The average Bonchev–Trinajstić information content (AvgIpc) is 2.61. The average molecular weight is 182 g/mol. The molecule has 0 spiro atoms. The monoisotopic (exact) mass is 182 g/mol. The summed E-state index contributed by atoms with van der Waals surface area (Å²) in [4.78, 5) is 0. The second-order valence-corrected chi connectivity index (χ2v) is 3.35. The second-order valence-electron chi connectivity index (χ2n) is 3.35. The van der Waals surface area contributed by atoms with Gasteiger partial charge in [-0.2, -0.15) is 0 Å². The molecule has 0 atom stereocenters. The van der Waals surface area contributed by atoms with Gasteiger partial charge in [-0.15, -0.1) is 0 Å². The Bertz CT molecular complexity index is 352. The van der Waals surface area contributed by atoms with Crippen molar-refractivity contribution in [2.75, 3.05) is 13.1 Å². The van der Waals surface area contributed by atoms with Gasteiger partial charge in [-0.1, -0.05) is 11.8 Å². The molecule has 1 fully saturated rings. The van der Waals surface area contributed by atoms with E-state index in [0.29, 0.717) is 0 Å². The number of nitrogens with one attached hydrogen (secondary N) is 1. The van der Waals surface area contributed by atoms with Crippen molar-refractivity contribution < 1.29 is 0 Å². The second kappa shape index (κ2) is 4.64. The SMILES string of the molecule is C1#CCCCC#C/C=C2/CNCC2=[C+]1. The Morgan fingerprint density at radius 1 is 1.21 bits per heavy atom. The molecule has 0 radical (unpaired) electrons. The van der Waals surface area contributed by atoms with Crippen LogP contribution in [0.1, 0.15) is 19.3 Å². The first-order chi connectivity index (χ1) is 6.97. The number of hydrogen-bond donors (Lipinski definition) is 1. The summed E-state index contributed by atoms with van der Waals surface area (Å²) in [5, 5.41) is 3.27. The molecule has 2 rings (SSSR count). The Morgan fingerprint density at radius 2 is 2.14 bits per heavy atom. The molecule has 14 heavy (non-hydrogen) atoms. The zero-order valence-corrected chi connectivity index (χ0v) is 8.11.